The van der Waals surface area contributed by atoms with E-state index in [1.165, 1.54) is 0 Å². The lowest BCUT2D eigenvalue weighted by Gasteiger charge is -2.36. The fourth-order valence-electron chi connectivity index (χ4n) is 2.83. The lowest BCUT2D eigenvalue weighted by molar-refractivity contribution is 0.0213. The predicted octanol–water partition coefficient (Wildman–Crippen LogP) is 5.11. The monoisotopic (exact) mass is 308 g/mol. The molecule has 0 saturated carbocycles. The van der Waals surface area contributed by atoms with Crippen LogP contribution in [0.2, 0.25) is 0 Å². The molecule has 2 aromatic carbocycles. The molecule has 0 spiro atoms. The molecule has 0 amide bonds. The molecule has 0 heterocycles. The maximum atomic E-state index is 6.30. The maximum absolute atomic E-state index is 6.30. The molecule has 2 rings (SSSR count). The number of benzene rings is 2. The third kappa shape index (κ3) is 3.38. The molecule has 0 aliphatic carbocycles. The van der Waals surface area contributed by atoms with Crippen LogP contribution in [0.25, 0.3) is 0 Å². The summed E-state index contributed by atoms with van der Waals surface area (Å²) in [5, 5.41) is 0. The zero-order valence-corrected chi connectivity index (χ0v) is 14.1. The number of rotatable bonds is 7. The Kier molecular flexibility index (Phi) is 5.78. The Hall–Kier alpha value is -2.32. The molecule has 0 bridgehead atoms. The van der Waals surface area contributed by atoms with E-state index in [4.69, 9.17) is 9.47 Å². The molecule has 2 nitrogen and oxygen atoms in total. The van der Waals surface area contributed by atoms with E-state index in [1.807, 2.05) is 68.5 Å². The Morgan fingerprint density at radius 3 is 2.17 bits per heavy atom. The molecule has 1 unspecified atom stereocenters. The van der Waals surface area contributed by atoms with Crippen LogP contribution in [-0.4, -0.2) is 13.7 Å². The topological polar surface area (TPSA) is 18.5 Å². The van der Waals surface area contributed by atoms with Crippen molar-refractivity contribution >= 4 is 0 Å². The first-order valence-corrected chi connectivity index (χ1v) is 7.85. The van der Waals surface area contributed by atoms with Crippen LogP contribution in [-0.2, 0) is 10.3 Å². The van der Waals surface area contributed by atoms with Gasteiger partial charge in [-0.25, -0.2) is 0 Å². The number of allylic oxidation sites excluding steroid dienone is 1. The van der Waals surface area contributed by atoms with Crippen LogP contribution < -0.4 is 4.74 Å². The molecule has 0 fully saturated rings. The Morgan fingerprint density at radius 1 is 1.04 bits per heavy atom. The Balaban J connectivity index is 2.67. The van der Waals surface area contributed by atoms with Crippen molar-refractivity contribution in [3.63, 3.8) is 0 Å². The average Bonchev–Trinajstić information content (AvgIpc) is 2.61. The van der Waals surface area contributed by atoms with Crippen molar-refractivity contribution < 1.29 is 9.47 Å². The van der Waals surface area contributed by atoms with Gasteiger partial charge in [0.1, 0.15) is 11.4 Å². The van der Waals surface area contributed by atoms with Gasteiger partial charge in [0, 0.05) is 6.61 Å². The van der Waals surface area contributed by atoms with E-state index in [0.29, 0.717) is 6.61 Å². The zero-order chi connectivity index (χ0) is 16.7. The normalized spacial score (nSPS) is 13.7. The van der Waals surface area contributed by atoms with Crippen LogP contribution in [0.4, 0.5) is 0 Å². The van der Waals surface area contributed by atoms with Gasteiger partial charge in [0.2, 0.25) is 0 Å². The van der Waals surface area contributed by atoms with Gasteiger partial charge in [-0.05, 0) is 42.7 Å². The maximum Gasteiger partial charge on any atom is 0.143 e. The summed E-state index contributed by atoms with van der Waals surface area (Å²) in [5.74, 6) is 0.823. The van der Waals surface area contributed by atoms with Gasteiger partial charge in [-0.15, -0.1) is 0 Å². The molecular formula is C21H24O2. The highest BCUT2D eigenvalue weighted by atomic mass is 16.5. The molecule has 0 N–H and O–H groups in total. The van der Waals surface area contributed by atoms with Gasteiger partial charge in [0.15, 0.2) is 0 Å². The van der Waals surface area contributed by atoms with Gasteiger partial charge in [-0.2, -0.15) is 0 Å². The van der Waals surface area contributed by atoms with Gasteiger partial charge in [-0.3, -0.25) is 0 Å². The summed E-state index contributed by atoms with van der Waals surface area (Å²) in [6, 6.07) is 18.2. The molecule has 2 heteroatoms. The van der Waals surface area contributed by atoms with Crippen LogP contribution in [0.3, 0.4) is 0 Å². The van der Waals surface area contributed by atoms with E-state index < -0.39 is 5.60 Å². The van der Waals surface area contributed by atoms with Gasteiger partial charge in [0.05, 0.1) is 7.11 Å². The fraction of sp³-hybridized carbons (Fsp3) is 0.238. The van der Waals surface area contributed by atoms with Crippen LogP contribution in [0.5, 0.6) is 5.75 Å². The molecule has 120 valence electrons. The summed E-state index contributed by atoms with van der Waals surface area (Å²) in [6.07, 6.45) is 4.00. The van der Waals surface area contributed by atoms with Crippen LogP contribution in [0.15, 0.2) is 78.9 Å². The Morgan fingerprint density at radius 2 is 1.65 bits per heavy atom. The largest absolute Gasteiger partial charge is 0.497 e. The number of methoxy groups -OCH3 is 1. The first kappa shape index (κ1) is 17.0. The summed E-state index contributed by atoms with van der Waals surface area (Å²) in [6.45, 7) is 8.86. The second-order valence-electron chi connectivity index (χ2n) is 5.23. The Bertz CT molecular complexity index is 656. The van der Waals surface area contributed by atoms with Crippen molar-refractivity contribution in [3.05, 3.63) is 90.0 Å². The molecule has 0 aliphatic rings. The lowest BCUT2D eigenvalue weighted by atomic mass is 9.80. The first-order valence-electron chi connectivity index (χ1n) is 7.85. The quantitative estimate of drug-likeness (QED) is 0.662. The van der Waals surface area contributed by atoms with Crippen molar-refractivity contribution in [2.24, 2.45) is 0 Å². The van der Waals surface area contributed by atoms with Gasteiger partial charge in [-0.1, -0.05) is 61.2 Å². The second-order valence-corrected chi connectivity index (χ2v) is 5.23. The molecule has 0 aromatic heterocycles. The van der Waals surface area contributed by atoms with Gasteiger partial charge in [0.25, 0.3) is 0 Å². The highest BCUT2D eigenvalue weighted by molar-refractivity contribution is 5.49. The van der Waals surface area contributed by atoms with Crippen molar-refractivity contribution in [3.8, 4) is 5.75 Å². The number of ether oxygens (including phenoxy) is 2. The smallest absolute Gasteiger partial charge is 0.143 e. The third-order valence-corrected chi connectivity index (χ3v) is 3.86. The molecule has 1 atom stereocenters. The average molecular weight is 308 g/mol. The van der Waals surface area contributed by atoms with Crippen LogP contribution >= 0.6 is 0 Å². The van der Waals surface area contributed by atoms with E-state index >= 15 is 0 Å². The summed E-state index contributed by atoms with van der Waals surface area (Å²) >= 11 is 0. The van der Waals surface area contributed by atoms with Crippen LogP contribution in [0.1, 0.15) is 25.0 Å². The lowest BCUT2D eigenvalue weighted by Crippen LogP contribution is -2.33. The Labute approximate surface area is 139 Å². The van der Waals surface area contributed by atoms with Crippen LogP contribution in [0, 0.1) is 0 Å². The minimum Gasteiger partial charge on any atom is -0.497 e. The molecule has 23 heavy (non-hydrogen) atoms. The van der Waals surface area contributed by atoms with E-state index in [9.17, 15) is 0 Å². The first-order chi connectivity index (χ1) is 11.2. The minimum absolute atomic E-state index is 0.581. The van der Waals surface area contributed by atoms with E-state index in [-0.39, 0.29) is 0 Å². The highest BCUT2D eigenvalue weighted by Crippen LogP contribution is 2.41. The summed E-state index contributed by atoms with van der Waals surface area (Å²) in [5.41, 5.74) is 2.30. The standard InChI is InChI=1S/C21H24O2/c1-5-10-17(3)21(23-6-2,18-11-8-7-9-12-18)19-13-15-20(22-4)16-14-19/h5,7-16H,3,6H2,1-2,4H3. The minimum atomic E-state index is -0.700. The van der Waals surface area contributed by atoms with Crippen molar-refractivity contribution in [2.75, 3.05) is 13.7 Å². The molecule has 0 radical (unpaired) electrons. The summed E-state index contributed by atoms with van der Waals surface area (Å²) < 4.78 is 11.6. The molecule has 0 saturated heterocycles. The number of hydrogen-bond acceptors (Lipinski definition) is 2. The van der Waals surface area contributed by atoms with Gasteiger partial charge >= 0.3 is 0 Å². The highest BCUT2D eigenvalue weighted by Gasteiger charge is 2.37. The summed E-state index contributed by atoms with van der Waals surface area (Å²) in [4.78, 5) is 0. The van der Waals surface area contributed by atoms with Gasteiger partial charge < -0.3 is 9.47 Å². The molecule has 2 aromatic rings. The van der Waals surface area contributed by atoms with E-state index in [1.54, 1.807) is 7.11 Å². The molecular weight excluding hydrogens is 284 g/mol. The summed E-state index contributed by atoms with van der Waals surface area (Å²) in [7, 11) is 1.67. The molecule has 0 aliphatic heterocycles. The number of hydrogen-bond donors (Lipinski definition) is 0. The predicted molar refractivity (Wildman–Crippen MR) is 95.8 cm³/mol. The van der Waals surface area contributed by atoms with E-state index in [2.05, 4.69) is 18.7 Å². The van der Waals surface area contributed by atoms with Crippen molar-refractivity contribution in [1.29, 1.82) is 0 Å². The third-order valence-electron chi connectivity index (χ3n) is 3.86. The zero-order valence-electron chi connectivity index (χ0n) is 14.1. The van der Waals surface area contributed by atoms with Crippen molar-refractivity contribution in [1.82, 2.24) is 0 Å². The second kappa shape index (κ2) is 7.80. The van der Waals surface area contributed by atoms with Crippen molar-refractivity contribution in [2.45, 2.75) is 19.4 Å². The van der Waals surface area contributed by atoms with E-state index in [0.717, 1.165) is 22.4 Å². The fourth-order valence-corrected chi connectivity index (χ4v) is 2.83. The SMILES string of the molecule is C=C(C=CC)C(OCC)(c1ccccc1)c1ccc(OC)cc1.